The minimum absolute atomic E-state index is 0.189. The molecular weight excluding hydrogens is 230 g/mol. The molecule has 1 aromatic carbocycles. The van der Waals surface area contributed by atoms with Crippen molar-refractivity contribution in [2.75, 3.05) is 25.1 Å². The molecule has 0 aliphatic rings. The number of hydrogen-bond donors (Lipinski definition) is 1. The van der Waals surface area contributed by atoms with Crippen molar-refractivity contribution >= 4 is 11.7 Å². The van der Waals surface area contributed by atoms with Crippen LogP contribution in [0.4, 0.5) is 5.69 Å². The molecule has 0 aromatic heterocycles. The average Bonchev–Trinajstić information content (AvgIpc) is 2.27. The van der Waals surface area contributed by atoms with Gasteiger partial charge in [-0.1, -0.05) is 12.1 Å². The Bertz CT molecular complexity index is 416. The van der Waals surface area contributed by atoms with E-state index in [1.807, 2.05) is 38.8 Å². The third kappa shape index (κ3) is 3.74. The van der Waals surface area contributed by atoms with Crippen LogP contribution in [-0.4, -0.2) is 37.4 Å². The summed E-state index contributed by atoms with van der Waals surface area (Å²) in [7, 11) is 1.89. The van der Waals surface area contributed by atoms with Crippen molar-refractivity contribution in [3.63, 3.8) is 0 Å². The molecule has 0 heterocycles. The summed E-state index contributed by atoms with van der Waals surface area (Å²) in [5.74, 6) is -0.898. The molecule has 0 saturated carbocycles. The zero-order chi connectivity index (χ0) is 13.7. The Morgan fingerprint density at radius 1 is 1.44 bits per heavy atom. The van der Waals surface area contributed by atoms with Gasteiger partial charge in [0.15, 0.2) is 0 Å². The second-order valence-corrected chi connectivity index (χ2v) is 4.62. The van der Waals surface area contributed by atoms with E-state index in [4.69, 9.17) is 4.74 Å². The molecule has 0 saturated heterocycles. The van der Waals surface area contributed by atoms with Gasteiger partial charge in [-0.3, -0.25) is 0 Å². The van der Waals surface area contributed by atoms with E-state index in [-0.39, 0.29) is 6.10 Å². The van der Waals surface area contributed by atoms with Crippen LogP contribution in [0.1, 0.15) is 29.8 Å². The van der Waals surface area contributed by atoms with Gasteiger partial charge < -0.3 is 14.7 Å². The molecular formula is C14H21NO3. The lowest BCUT2D eigenvalue weighted by Gasteiger charge is -2.23. The van der Waals surface area contributed by atoms with Gasteiger partial charge in [0.1, 0.15) is 0 Å². The number of ether oxygens (including phenoxy) is 1. The van der Waals surface area contributed by atoms with Gasteiger partial charge in [-0.25, -0.2) is 4.79 Å². The normalized spacial score (nSPS) is 10.7. The van der Waals surface area contributed by atoms with Crippen molar-refractivity contribution in [3.8, 4) is 0 Å². The summed E-state index contributed by atoms with van der Waals surface area (Å²) in [6.45, 7) is 7.14. The number of carbonyl (C=O) groups is 1. The van der Waals surface area contributed by atoms with Crippen molar-refractivity contribution in [1.29, 1.82) is 0 Å². The highest BCUT2D eigenvalue weighted by Crippen LogP contribution is 2.24. The summed E-state index contributed by atoms with van der Waals surface area (Å²) in [4.78, 5) is 13.1. The minimum Gasteiger partial charge on any atom is -0.478 e. The first-order valence-corrected chi connectivity index (χ1v) is 6.09. The molecule has 0 fully saturated rings. The standard InChI is InChI=1S/C14H21NO3/c1-10(2)18-9-8-15(4)13-11(3)6-5-7-12(13)14(16)17/h5-7,10H,8-9H2,1-4H3,(H,16,17). The number of aromatic carboxylic acids is 1. The van der Waals surface area contributed by atoms with E-state index >= 15 is 0 Å². The summed E-state index contributed by atoms with van der Waals surface area (Å²) in [6, 6.07) is 5.31. The Hall–Kier alpha value is -1.55. The van der Waals surface area contributed by atoms with E-state index in [0.717, 1.165) is 11.3 Å². The SMILES string of the molecule is Cc1cccc(C(=O)O)c1N(C)CCOC(C)C. The molecule has 4 heteroatoms. The van der Waals surface area contributed by atoms with Crippen molar-refractivity contribution < 1.29 is 14.6 Å². The number of benzene rings is 1. The van der Waals surface area contributed by atoms with E-state index in [9.17, 15) is 9.90 Å². The van der Waals surface area contributed by atoms with Crippen LogP contribution in [0.15, 0.2) is 18.2 Å². The van der Waals surface area contributed by atoms with E-state index in [0.29, 0.717) is 18.7 Å². The number of likely N-dealkylation sites (N-methyl/N-ethyl adjacent to an activating group) is 1. The predicted octanol–water partition coefficient (Wildman–Crippen LogP) is 2.55. The fourth-order valence-electron chi connectivity index (χ4n) is 1.88. The van der Waals surface area contributed by atoms with E-state index < -0.39 is 5.97 Å². The highest BCUT2D eigenvalue weighted by atomic mass is 16.5. The lowest BCUT2D eigenvalue weighted by Crippen LogP contribution is -2.26. The van der Waals surface area contributed by atoms with E-state index in [1.54, 1.807) is 12.1 Å². The second-order valence-electron chi connectivity index (χ2n) is 4.62. The van der Waals surface area contributed by atoms with Crippen LogP contribution in [-0.2, 0) is 4.74 Å². The third-order valence-corrected chi connectivity index (χ3v) is 2.73. The number of hydrogen-bond acceptors (Lipinski definition) is 3. The first kappa shape index (κ1) is 14.5. The van der Waals surface area contributed by atoms with Crippen molar-refractivity contribution in [1.82, 2.24) is 0 Å². The molecule has 18 heavy (non-hydrogen) atoms. The molecule has 0 unspecified atom stereocenters. The van der Waals surface area contributed by atoms with Gasteiger partial charge >= 0.3 is 5.97 Å². The molecule has 0 radical (unpaired) electrons. The van der Waals surface area contributed by atoms with Crippen LogP contribution in [0.3, 0.4) is 0 Å². The lowest BCUT2D eigenvalue weighted by molar-refractivity contribution is 0.0696. The third-order valence-electron chi connectivity index (χ3n) is 2.73. The Morgan fingerprint density at radius 2 is 2.11 bits per heavy atom. The van der Waals surface area contributed by atoms with Crippen molar-refractivity contribution in [2.24, 2.45) is 0 Å². The van der Waals surface area contributed by atoms with Gasteiger partial charge in [-0.05, 0) is 32.4 Å². The Morgan fingerprint density at radius 3 is 2.67 bits per heavy atom. The predicted molar refractivity (Wildman–Crippen MR) is 72.5 cm³/mol. The summed E-state index contributed by atoms with van der Waals surface area (Å²) in [5.41, 5.74) is 2.06. The van der Waals surface area contributed by atoms with Crippen molar-refractivity contribution in [2.45, 2.75) is 26.9 Å². The number of aryl methyl sites for hydroxylation is 1. The number of carboxylic acids is 1. The fourth-order valence-corrected chi connectivity index (χ4v) is 1.88. The van der Waals surface area contributed by atoms with Gasteiger partial charge in [0.2, 0.25) is 0 Å². The van der Waals surface area contributed by atoms with Crippen LogP contribution < -0.4 is 4.90 Å². The van der Waals surface area contributed by atoms with Crippen LogP contribution in [0.2, 0.25) is 0 Å². The zero-order valence-electron chi connectivity index (χ0n) is 11.4. The van der Waals surface area contributed by atoms with Gasteiger partial charge in [-0.2, -0.15) is 0 Å². The molecule has 0 aliphatic carbocycles. The monoisotopic (exact) mass is 251 g/mol. The number of anilines is 1. The molecule has 4 nitrogen and oxygen atoms in total. The first-order valence-electron chi connectivity index (χ1n) is 6.09. The molecule has 1 rings (SSSR count). The van der Waals surface area contributed by atoms with Gasteiger partial charge in [0.05, 0.1) is 24.0 Å². The highest BCUT2D eigenvalue weighted by molar-refractivity contribution is 5.95. The quantitative estimate of drug-likeness (QED) is 0.844. The maximum atomic E-state index is 11.2. The van der Waals surface area contributed by atoms with Gasteiger partial charge in [-0.15, -0.1) is 0 Å². The highest BCUT2D eigenvalue weighted by Gasteiger charge is 2.15. The number of rotatable bonds is 6. The summed E-state index contributed by atoms with van der Waals surface area (Å²) in [5, 5.41) is 9.19. The molecule has 0 amide bonds. The fraction of sp³-hybridized carbons (Fsp3) is 0.500. The second kappa shape index (κ2) is 6.40. The Balaban J connectivity index is 2.84. The molecule has 100 valence electrons. The number of nitrogens with zero attached hydrogens (tertiary/aromatic N) is 1. The topological polar surface area (TPSA) is 49.8 Å². The van der Waals surface area contributed by atoms with Crippen LogP contribution >= 0.6 is 0 Å². The lowest BCUT2D eigenvalue weighted by atomic mass is 10.1. The summed E-state index contributed by atoms with van der Waals surface area (Å²) >= 11 is 0. The molecule has 1 aromatic rings. The number of carboxylic acid groups (broad SMARTS) is 1. The first-order chi connectivity index (χ1) is 8.43. The smallest absolute Gasteiger partial charge is 0.337 e. The minimum atomic E-state index is -0.898. The van der Waals surface area contributed by atoms with Crippen LogP contribution in [0, 0.1) is 6.92 Å². The van der Waals surface area contributed by atoms with Crippen LogP contribution in [0.25, 0.3) is 0 Å². The molecule has 0 aliphatic heterocycles. The largest absolute Gasteiger partial charge is 0.478 e. The van der Waals surface area contributed by atoms with Crippen molar-refractivity contribution in [3.05, 3.63) is 29.3 Å². The van der Waals surface area contributed by atoms with Crippen LogP contribution in [0.5, 0.6) is 0 Å². The maximum Gasteiger partial charge on any atom is 0.337 e. The molecule has 1 N–H and O–H groups in total. The molecule has 0 bridgehead atoms. The zero-order valence-corrected chi connectivity index (χ0v) is 11.4. The summed E-state index contributed by atoms with van der Waals surface area (Å²) in [6.07, 6.45) is 0.189. The molecule has 0 atom stereocenters. The molecule has 0 spiro atoms. The van der Waals surface area contributed by atoms with E-state index in [2.05, 4.69) is 0 Å². The average molecular weight is 251 g/mol. The van der Waals surface area contributed by atoms with E-state index in [1.165, 1.54) is 0 Å². The Labute approximate surface area is 108 Å². The maximum absolute atomic E-state index is 11.2. The summed E-state index contributed by atoms with van der Waals surface area (Å²) < 4.78 is 5.49. The van der Waals surface area contributed by atoms with Gasteiger partial charge in [0, 0.05) is 13.6 Å². The Kier molecular flexibility index (Phi) is 5.16. The van der Waals surface area contributed by atoms with Gasteiger partial charge in [0.25, 0.3) is 0 Å². The number of para-hydroxylation sites is 1.